The fourth-order valence-corrected chi connectivity index (χ4v) is 4.54. The molecule has 0 aromatic carbocycles. The van der Waals surface area contributed by atoms with E-state index in [0.29, 0.717) is 10.8 Å². The highest BCUT2D eigenvalue weighted by atomic mass is 79.9. The lowest BCUT2D eigenvalue weighted by molar-refractivity contribution is 0.213. The number of nitrogens with one attached hydrogen (secondary N) is 1. The Kier molecular flexibility index (Phi) is 3.42. The second-order valence-corrected chi connectivity index (χ2v) is 8.50. The van der Waals surface area contributed by atoms with E-state index in [4.69, 9.17) is 5.11 Å². The standard InChI is InChI=1S/C9H12BrNO3S2/c10-7-1-2-8(15-7)16(13,14)11-5-9(6-12)3-4-9/h1-2,11-12H,3-6H2. The number of thiophene rings is 1. The topological polar surface area (TPSA) is 66.4 Å². The molecule has 1 aliphatic rings. The summed E-state index contributed by atoms with van der Waals surface area (Å²) in [6, 6.07) is 3.27. The van der Waals surface area contributed by atoms with Gasteiger partial charge in [-0.05, 0) is 40.9 Å². The van der Waals surface area contributed by atoms with Crippen LogP contribution in [0.2, 0.25) is 0 Å². The van der Waals surface area contributed by atoms with E-state index in [0.717, 1.165) is 16.6 Å². The Balaban J connectivity index is 2.04. The molecule has 2 rings (SSSR count). The average Bonchev–Trinajstić information content (AvgIpc) is 2.91. The summed E-state index contributed by atoms with van der Waals surface area (Å²) in [6.07, 6.45) is 1.78. The van der Waals surface area contributed by atoms with Gasteiger partial charge in [0.05, 0.1) is 3.79 Å². The third kappa shape index (κ3) is 2.65. The first kappa shape index (κ1) is 12.5. The molecule has 1 heterocycles. The summed E-state index contributed by atoms with van der Waals surface area (Å²) >= 11 is 4.40. The molecular weight excluding hydrogens is 314 g/mol. The van der Waals surface area contributed by atoms with Crippen molar-refractivity contribution in [1.82, 2.24) is 4.72 Å². The van der Waals surface area contributed by atoms with E-state index in [1.807, 2.05) is 0 Å². The summed E-state index contributed by atoms with van der Waals surface area (Å²) in [5.41, 5.74) is -0.207. The van der Waals surface area contributed by atoms with E-state index >= 15 is 0 Å². The number of hydrogen-bond donors (Lipinski definition) is 2. The third-order valence-corrected chi connectivity index (χ3v) is 6.26. The first-order valence-corrected chi connectivity index (χ1v) is 7.93. The van der Waals surface area contributed by atoms with Gasteiger partial charge in [-0.15, -0.1) is 11.3 Å². The Morgan fingerprint density at radius 1 is 1.50 bits per heavy atom. The first-order valence-electron chi connectivity index (χ1n) is 4.83. The van der Waals surface area contributed by atoms with E-state index in [-0.39, 0.29) is 12.0 Å². The molecule has 2 N–H and O–H groups in total. The fraction of sp³-hybridized carbons (Fsp3) is 0.556. The Morgan fingerprint density at radius 3 is 2.62 bits per heavy atom. The number of hydrogen-bond acceptors (Lipinski definition) is 4. The lowest BCUT2D eigenvalue weighted by atomic mass is 10.1. The number of rotatable bonds is 5. The quantitative estimate of drug-likeness (QED) is 0.863. The van der Waals surface area contributed by atoms with E-state index in [1.165, 1.54) is 11.3 Å². The third-order valence-electron chi connectivity index (χ3n) is 2.74. The van der Waals surface area contributed by atoms with Gasteiger partial charge in [0.1, 0.15) is 4.21 Å². The molecule has 0 unspecified atom stereocenters. The van der Waals surface area contributed by atoms with Crippen molar-refractivity contribution in [2.24, 2.45) is 5.41 Å². The van der Waals surface area contributed by atoms with E-state index in [9.17, 15) is 8.42 Å². The molecule has 0 amide bonds. The van der Waals surface area contributed by atoms with Gasteiger partial charge in [0.25, 0.3) is 0 Å². The van der Waals surface area contributed by atoms with Crippen LogP contribution in [0.4, 0.5) is 0 Å². The normalized spacial score (nSPS) is 18.6. The zero-order valence-corrected chi connectivity index (χ0v) is 11.7. The van der Waals surface area contributed by atoms with Crippen molar-refractivity contribution in [3.63, 3.8) is 0 Å². The molecule has 1 fully saturated rings. The molecule has 0 atom stereocenters. The Labute approximate surface area is 107 Å². The second-order valence-electron chi connectivity index (χ2n) is 4.04. The minimum atomic E-state index is -3.42. The van der Waals surface area contributed by atoms with Crippen LogP contribution in [-0.2, 0) is 10.0 Å². The zero-order valence-electron chi connectivity index (χ0n) is 8.44. The van der Waals surface area contributed by atoms with E-state index < -0.39 is 10.0 Å². The molecule has 0 saturated heterocycles. The van der Waals surface area contributed by atoms with Gasteiger partial charge in [0, 0.05) is 18.6 Å². The molecule has 0 aliphatic heterocycles. The van der Waals surface area contributed by atoms with Crippen molar-refractivity contribution in [3.8, 4) is 0 Å². The van der Waals surface area contributed by atoms with Crippen LogP contribution in [0.15, 0.2) is 20.1 Å². The number of aliphatic hydroxyl groups excluding tert-OH is 1. The van der Waals surface area contributed by atoms with Crippen molar-refractivity contribution in [1.29, 1.82) is 0 Å². The van der Waals surface area contributed by atoms with E-state index in [2.05, 4.69) is 20.7 Å². The van der Waals surface area contributed by atoms with Crippen LogP contribution in [-0.4, -0.2) is 26.7 Å². The van der Waals surface area contributed by atoms with Crippen molar-refractivity contribution in [2.45, 2.75) is 17.1 Å². The van der Waals surface area contributed by atoms with Crippen molar-refractivity contribution >= 4 is 37.3 Å². The van der Waals surface area contributed by atoms with Crippen molar-refractivity contribution in [2.75, 3.05) is 13.2 Å². The SMILES string of the molecule is O=S(=O)(NCC1(CO)CC1)c1ccc(Br)s1. The molecule has 1 aliphatic carbocycles. The maximum atomic E-state index is 11.8. The Bertz CT molecular complexity index is 479. The molecule has 90 valence electrons. The summed E-state index contributed by atoms with van der Waals surface area (Å²) in [6.45, 7) is 0.366. The van der Waals surface area contributed by atoms with Gasteiger partial charge in [-0.25, -0.2) is 13.1 Å². The number of aliphatic hydroxyl groups is 1. The lowest BCUT2D eigenvalue weighted by Gasteiger charge is -2.11. The highest BCUT2D eigenvalue weighted by Crippen LogP contribution is 2.44. The summed E-state index contributed by atoms with van der Waals surface area (Å²) in [5, 5.41) is 9.09. The monoisotopic (exact) mass is 325 g/mol. The van der Waals surface area contributed by atoms with Gasteiger partial charge in [0.15, 0.2) is 0 Å². The highest BCUT2D eigenvalue weighted by molar-refractivity contribution is 9.11. The van der Waals surface area contributed by atoms with Crippen LogP contribution >= 0.6 is 27.3 Å². The van der Waals surface area contributed by atoms with Crippen LogP contribution in [0, 0.1) is 5.41 Å². The summed E-state index contributed by atoms with van der Waals surface area (Å²) in [5.74, 6) is 0. The molecule has 1 aromatic rings. The first-order chi connectivity index (χ1) is 7.47. The van der Waals surface area contributed by atoms with Gasteiger partial charge < -0.3 is 5.11 Å². The molecule has 1 saturated carbocycles. The maximum Gasteiger partial charge on any atom is 0.250 e. The Hall–Kier alpha value is 0.0500. The minimum Gasteiger partial charge on any atom is -0.396 e. The molecule has 4 nitrogen and oxygen atoms in total. The molecule has 1 aromatic heterocycles. The van der Waals surface area contributed by atoms with Crippen molar-refractivity contribution < 1.29 is 13.5 Å². The fourth-order valence-electron chi connectivity index (χ4n) is 1.33. The van der Waals surface area contributed by atoms with Gasteiger partial charge in [-0.1, -0.05) is 0 Å². The van der Waals surface area contributed by atoms with Gasteiger partial charge in [-0.3, -0.25) is 0 Å². The van der Waals surface area contributed by atoms with Gasteiger partial charge >= 0.3 is 0 Å². The summed E-state index contributed by atoms with van der Waals surface area (Å²) in [4.78, 5) is 0. The van der Waals surface area contributed by atoms with Crippen LogP contribution in [0.25, 0.3) is 0 Å². The zero-order chi connectivity index (χ0) is 11.8. The van der Waals surface area contributed by atoms with Crippen LogP contribution < -0.4 is 4.72 Å². The predicted octanol–water partition coefficient (Wildman–Crippen LogP) is 1.56. The van der Waals surface area contributed by atoms with Gasteiger partial charge in [0.2, 0.25) is 10.0 Å². The molecule has 0 radical (unpaired) electrons. The van der Waals surface area contributed by atoms with Crippen LogP contribution in [0.3, 0.4) is 0 Å². The van der Waals surface area contributed by atoms with Crippen LogP contribution in [0.5, 0.6) is 0 Å². The molecule has 7 heteroatoms. The minimum absolute atomic E-state index is 0.0453. The molecule has 0 bridgehead atoms. The molecule has 0 spiro atoms. The van der Waals surface area contributed by atoms with E-state index in [1.54, 1.807) is 12.1 Å². The highest BCUT2D eigenvalue weighted by Gasteiger charge is 2.42. The largest absolute Gasteiger partial charge is 0.396 e. The van der Waals surface area contributed by atoms with Crippen molar-refractivity contribution in [3.05, 3.63) is 15.9 Å². The summed E-state index contributed by atoms with van der Waals surface area (Å²) < 4.78 is 27.3. The van der Waals surface area contributed by atoms with Crippen LogP contribution in [0.1, 0.15) is 12.8 Å². The lowest BCUT2D eigenvalue weighted by Crippen LogP contribution is -2.31. The Morgan fingerprint density at radius 2 is 2.19 bits per heavy atom. The molecule has 16 heavy (non-hydrogen) atoms. The average molecular weight is 326 g/mol. The number of sulfonamides is 1. The number of halogens is 1. The van der Waals surface area contributed by atoms with Gasteiger partial charge in [-0.2, -0.15) is 0 Å². The maximum absolute atomic E-state index is 11.8. The second kappa shape index (κ2) is 4.38. The molecular formula is C9H12BrNO3S2. The predicted molar refractivity (Wildman–Crippen MR) is 66.0 cm³/mol. The summed E-state index contributed by atoms with van der Waals surface area (Å²) in [7, 11) is -3.42. The smallest absolute Gasteiger partial charge is 0.250 e.